The van der Waals surface area contributed by atoms with Crippen molar-refractivity contribution in [2.24, 2.45) is 34.8 Å². The van der Waals surface area contributed by atoms with Gasteiger partial charge in [0, 0.05) is 32.2 Å². The van der Waals surface area contributed by atoms with Crippen molar-refractivity contribution in [3.8, 4) is 11.5 Å². The van der Waals surface area contributed by atoms with Crippen LogP contribution in [-0.4, -0.2) is 164 Å². The number of carboxylic acids is 1. The molecule has 1 aliphatic rings. The zero-order valence-corrected chi connectivity index (χ0v) is 47.2. The lowest BCUT2D eigenvalue weighted by Crippen LogP contribution is -2.61. The first-order valence-corrected chi connectivity index (χ1v) is 27.6. The molecule has 1 aliphatic heterocycles. The lowest BCUT2D eigenvalue weighted by molar-refractivity contribution is -0.146. The molecule has 0 aliphatic carbocycles. The highest BCUT2D eigenvalue weighted by molar-refractivity contribution is 5.98. The number of aliphatic carboxylic acids is 1. The molecule has 0 aromatic heterocycles. The van der Waals surface area contributed by atoms with Crippen LogP contribution in [-0.2, 0) is 65.6 Å². The maximum absolute atomic E-state index is 14.7. The Labute approximate surface area is 476 Å². The fraction of sp³-hybridized carbons (Fsp3) is 0.582. The first kappa shape index (κ1) is 68.4. The molecule has 27 nitrogen and oxygen atoms in total. The number of unbranched alkanes of at least 4 members (excludes halogenated alkanes) is 1. The Bertz CT molecular complexity index is 2520. The largest absolute Gasteiger partial charge is 0.508 e. The van der Waals surface area contributed by atoms with Gasteiger partial charge >= 0.3 is 5.97 Å². The molecule has 0 spiro atoms. The van der Waals surface area contributed by atoms with Crippen LogP contribution in [0.3, 0.4) is 0 Å². The number of likely N-dealkylation sites (tertiary alicyclic amines) is 1. The molecule has 1 heterocycles. The predicted molar refractivity (Wildman–Crippen MR) is 298 cm³/mol. The average Bonchev–Trinajstić information content (AvgIpc) is 4.00. The van der Waals surface area contributed by atoms with E-state index in [4.69, 9.17) is 22.9 Å². The molecule has 0 radical (unpaired) electrons. The lowest BCUT2D eigenvalue weighted by atomic mass is 9.96. The van der Waals surface area contributed by atoms with Gasteiger partial charge < -0.3 is 85.5 Å². The number of phenolic OH excluding ortho intramolecular Hbond substituents is 2. The Kier molecular flexibility index (Phi) is 28.1. The van der Waals surface area contributed by atoms with Crippen molar-refractivity contribution in [1.29, 1.82) is 0 Å². The van der Waals surface area contributed by atoms with Gasteiger partial charge in [-0.2, -0.15) is 0 Å². The molecular formula is C55H84N12O15. The van der Waals surface area contributed by atoms with E-state index in [1.54, 1.807) is 27.7 Å². The molecule has 0 bridgehead atoms. The third kappa shape index (κ3) is 22.6. The number of amides is 10. The van der Waals surface area contributed by atoms with Crippen LogP contribution in [0.4, 0.5) is 0 Å². The van der Waals surface area contributed by atoms with E-state index in [1.165, 1.54) is 60.4 Å². The summed E-state index contributed by atoms with van der Waals surface area (Å²) in [6.45, 7) is 8.54. The minimum atomic E-state index is -1.73. The molecule has 454 valence electrons. The van der Waals surface area contributed by atoms with E-state index in [0.29, 0.717) is 36.8 Å². The van der Waals surface area contributed by atoms with E-state index < -0.39 is 131 Å². The number of aliphatic hydroxyl groups excluding tert-OH is 1. The summed E-state index contributed by atoms with van der Waals surface area (Å²) in [4.78, 5) is 149. The van der Waals surface area contributed by atoms with Gasteiger partial charge in [-0.1, -0.05) is 58.4 Å². The van der Waals surface area contributed by atoms with Crippen LogP contribution in [0.1, 0.15) is 116 Å². The van der Waals surface area contributed by atoms with Crippen molar-refractivity contribution < 1.29 is 73.2 Å². The summed E-state index contributed by atoms with van der Waals surface area (Å²) in [6.07, 6.45) is -1.33. The SMILES string of the molecule is CC[C@H](C)[C@H](NC(=O)[C@H](CCCCN)NC(=O)[C@H](CC(C)C)NC(=O)[C@H](Cc1ccc(O)cc1)NC(=O)[C@H](CCC(N)=O)NC(=O)[C@@H](N)CCC(N)=O)C(=O)N1CCC[C@H]1C(=O)N[C@@H](Cc1ccc(O)cc1)C(=O)N[C@H](C(=O)O)[C@@H](C)O. The van der Waals surface area contributed by atoms with E-state index in [1.807, 2.05) is 0 Å². The Balaban J connectivity index is 1.93. The number of phenols is 2. The normalized spacial score (nSPS) is 16.7. The second kappa shape index (κ2) is 33.7. The summed E-state index contributed by atoms with van der Waals surface area (Å²) in [5, 5.41) is 57.8. The third-order valence-corrected chi connectivity index (χ3v) is 14.0. The van der Waals surface area contributed by atoms with Gasteiger partial charge in [0.25, 0.3) is 0 Å². The zero-order valence-electron chi connectivity index (χ0n) is 47.2. The highest BCUT2D eigenvalue weighted by Gasteiger charge is 2.42. The van der Waals surface area contributed by atoms with Crippen LogP contribution >= 0.6 is 0 Å². The number of nitrogens with one attached hydrogen (secondary N) is 7. The molecule has 19 N–H and O–H groups in total. The topological polar surface area (TPSA) is 460 Å². The van der Waals surface area contributed by atoms with E-state index in [-0.39, 0.29) is 88.3 Å². The van der Waals surface area contributed by atoms with Gasteiger partial charge in [-0.3, -0.25) is 47.9 Å². The summed E-state index contributed by atoms with van der Waals surface area (Å²) >= 11 is 0. The monoisotopic (exact) mass is 1150 g/mol. The number of carbonyl (C=O) groups excluding carboxylic acids is 10. The smallest absolute Gasteiger partial charge is 0.328 e. The molecule has 11 atom stereocenters. The number of nitrogens with two attached hydrogens (primary N) is 4. The van der Waals surface area contributed by atoms with E-state index in [0.717, 1.165) is 0 Å². The predicted octanol–water partition coefficient (Wildman–Crippen LogP) is -2.19. The Hall–Kier alpha value is -7.91. The molecule has 1 saturated heterocycles. The van der Waals surface area contributed by atoms with Gasteiger partial charge in [0.1, 0.15) is 53.8 Å². The molecule has 27 heteroatoms. The van der Waals surface area contributed by atoms with Crippen LogP contribution in [0.2, 0.25) is 0 Å². The molecule has 2 aromatic rings. The van der Waals surface area contributed by atoms with Crippen LogP contribution in [0.15, 0.2) is 48.5 Å². The van der Waals surface area contributed by atoms with Gasteiger partial charge in [-0.25, -0.2) is 4.79 Å². The fourth-order valence-electron chi connectivity index (χ4n) is 9.03. The molecule has 2 aromatic carbocycles. The van der Waals surface area contributed by atoms with E-state index >= 15 is 0 Å². The second-order valence-electron chi connectivity index (χ2n) is 21.2. The summed E-state index contributed by atoms with van der Waals surface area (Å²) in [7, 11) is 0. The summed E-state index contributed by atoms with van der Waals surface area (Å²) < 4.78 is 0. The average molecular weight is 1150 g/mol. The maximum atomic E-state index is 14.7. The molecule has 3 rings (SSSR count). The first-order chi connectivity index (χ1) is 38.6. The van der Waals surface area contributed by atoms with Crippen molar-refractivity contribution in [3.05, 3.63) is 59.7 Å². The number of aromatic hydroxyl groups is 2. The summed E-state index contributed by atoms with van der Waals surface area (Å²) in [6, 6.07) is -1.04. The minimum absolute atomic E-state index is 0.0135. The first-order valence-electron chi connectivity index (χ1n) is 27.6. The van der Waals surface area contributed by atoms with Gasteiger partial charge in [0.05, 0.1) is 12.1 Å². The second-order valence-corrected chi connectivity index (χ2v) is 21.2. The highest BCUT2D eigenvalue weighted by Crippen LogP contribution is 2.23. The molecule has 10 amide bonds. The number of benzene rings is 2. The number of nitrogens with zero attached hydrogens (tertiary/aromatic N) is 1. The number of carboxylic acid groups (broad SMARTS) is 1. The van der Waals surface area contributed by atoms with Gasteiger partial charge in [-0.15, -0.1) is 0 Å². The molecule has 1 fully saturated rings. The van der Waals surface area contributed by atoms with Gasteiger partial charge in [0.15, 0.2) is 6.04 Å². The van der Waals surface area contributed by atoms with Crippen molar-refractivity contribution >= 4 is 65.0 Å². The number of aliphatic hydroxyl groups is 1. The highest BCUT2D eigenvalue weighted by atomic mass is 16.4. The van der Waals surface area contributed by atoms with Gasteiger partial charge in [0.2, 0.25) is 59.1 Å². The Morgan fingerprint density at radius 3 is 1.56 bits per heavy atom. The van der Waals surface area contributed by atoms with Gasteiger partial charge in [-0.05, 0) is 112 Å². The quantitative estimate of drug-likeness (QED) is 0.0326. The van der Waals surface area contributed by atoms with Crippen LogP contribution < -0.4 is 60.2 Å². The fourth-order valence-corrected chi connectivity index (χ4v) is 9.03. The number of carbonyl (C=O) groups is 11. The van der Waals surface area contributed by atoms with Crippen molar-refractivity contribution in [1.82, 2.24) is 42.1 Å². The summed E-state index contributed by atoms with van der Waals surface area (Å²) in [5.41, 5.74) is 23.3. The third-order valence-electron chi connectivity index (χ3n) is 14.0. The Morgan fingerprint density at radius 1 is 0.598 bits per heavy atom. The van der Waals surface area contributed by atoms with E-state index in [2.05, 4.69) is 37.2 Å². The maximum Gasteiger partial charge on any atom is 0.328 e. The minimum Gasteiger partial charge on any atom is -0.508 e. The van der Waals surface area contributed by atoms with E-state index in [9.17, 15) is 73.2 Å². The van der Waals surface area contributed by atoms with Crippen molar-refractivity contribution in [3.63, 3.8) is 0 Å². The molecule has 0 unspecified atom stereocenters. The molecule has 0 saturated carbocycles. The van der Waals surface area contributed by atoms with Crippen LogP contribution in [0.25, 0.3) is 0 Å². The standard InChI is InChI=1S/C55H84N12O15/c1-6-30(4)45(54(80)67-25-9-11-42(67)53(79)64-41(28-33-14-18-35(70)19-15-33)52(78)66-46(31(5)68)55(81)82)65-49(75)37(10-7-8-24-56)61-50(76)39(26-29(2)3)62-51(77)40(27-32-12-16-34(69)17-13-32)63-48(74)38(21-23-44(59)72)60-47(73)36(57)20-22-43(58)71/h12-19,29-31,36-42,45-46,68-70H,6-11,20-28,56-57H2,1-5H3,(H2,58,71)(H2,59,72)(H,60,73)(H,61,76)(H,62,77)(H,63,74)(H,64,79)(H,65,75)(H,66,78)(H,81,82)/t30-,31+,36-,37-,38-,39-,40-,41-,42-,45-,46-/m0/s1. The number of rotatable bonds is 35. The van der Waals surface area contributed by atoms with Crippen molar-refractivity contribution in [2.75, 3.05) is 13.1 Å². The zero-order chi connectivity index (χ0) is 61.4. The number of primary amides is 2. The van der Waals surface area contributed by atoms with Crippen LogP contribution in [0, 0.1) is 11.8 Å². The van der Waals surface area contributed by atoms with Crippen LogP contribution in [0.5, 0.6) is 11.5 Å². The van der Waals surface area contributed by atoms with Crippen molar-refractivity contribution in [2.45, 2.75) is 179 Å². The molecule has 82 heavy (non-hydrogen) atoms. The number of hydrogen-bond acceptors (Lipinski definition) is 16. The summed E-state index contributed by atoms with van der Waals surface area (Å²) in [5.74, 6) is -10.6. The number of hydrogen-bond donors (Lipinski definition) is 15. The molecular weight excluding hydrogens is 1070 g/mol. The Morgan fingerprint density at radius 2 is 1.05 bits per heavy atom. The lowest BCUT2D eigenvalue weighted by Gasteiger charge is -2.33.